The predicted molar refractivity (Wildman–Crippen MR) is 72.1 cm³/mol. The molecule has 0 radical (unpaired) electrons. The van der Waals surface area contributed by atoms with Gasteiger partial charge in [0, 0.05) is 13.1 Å². The molecule has 1 heterocycles. The van der Waals surface area contributed by atoms with E-state index >= 15 is 0 Å². The van der Waals surface area contributed by atoms with Gasteiger partial charge in [0.05, 0.1) is 10.5 Å². The highest BCUT2D eigenvalue weighted by Crippen LogP contribution is 2.23. The molecule has 0 aliphatic carbocycles. The first-order valence-electron chi connectivity index (χ1n) is 6.31. The van der Waals surface area contributed by atoms with Gasteiger partial charge in [-0.2, -0.15) is 9.57 Å². The Labute approximate surface area is 118 Å². The summed E-state index contributed by atoms with van der Waals surface area (Å²) in [6.45, 7) is 2.25. The molecule has 1 aliphatic rings. The summed E-state index contributed by atoms with van der Waals surface area (Å²) in [5, 5.41) is 11.7. The minimum atomic E-state index is -3.85. The SMILES string of the molecule is CCC1C(=O)NCCN1S(=O)(=O)c1ccccc1C#N. The van der Waals surface area contributed by atoms with Gasteiger partial charge in [0.2, 0.25) is 15.9 Å². The minimum absolute atomic E-state index is 0.0457. The van der Waals surface area contributed by atoms with Crippen LogP contribution in [0.5, 0.6) is 0 Å². The van der Waals surface area contributed by atoms with Crippen LogP contribution in [0.15, 0.2) is 29.2 Å². The van der Waals surface area contributed by atoms with Crippen LogP contribution in [0.3, 0.4) is 0 Å². The van der Waals surface area contributed by atoms with Crippen molar-refractivity contribution in [2.75, 3.05) is 13.1 Å². The molecule has 1 amide bonds. The molecule has 20 heavy (non-hydrogen) atoms. The Hall–Kier alpha value is -1.91. The Kier molecular flexibility index (Phi) is 4.06. The molecule has 2 rings (SSSR count). The summed E-state index contributed by atoms with van der Waals surface area (Å²) in [6, 6.07) is 7.19. The number of amides is 1. The van der Waals surface area contributed by atoms with Crippen molar-refractivity contribution < 1.29 is 13.2 Å². The number of rotatable bonds is 3. The summed E-state index contributed by atoms with van der Waals surface area (Å²) in [4.78, 5) is 11.7. The Bertz CT molecular complexity index is 664. The van der Waals surface area contributed by atoms with E-state index in [1.807, 2.05) is 6.07 Å². The number of nitrogens with zero attached hydrogens (tertiary/aromatic N) is 2. The molecule has 6 nitrogen and oxygen atoms in total. The number of benzene rings is 1. The number of carbonyl (C=O) groups is 1. The maximum atomic E-state index is 12.7. The van der Waals surface area contributed by atoms with Crippen LogP contribution in [-0.4, -0.2) is 37.8 Å². The second-order valence-corrected chi connectivity index (χ2v) is 6.30. The van der Waals surface area contributed by atoms with E-state index in [-0.39, 0.29) is 29.5 Å². The van der Waals surface area contributed by atoms with Gasteiger partial charge in [0.25, 0.3) is 0 Å². The average Bonchev–Trinajstić information content (AvgIpc) is 2.46. The predicted octanol–water partition coefficient (Wildman–Crippen LogP) is 0.457. The topological polar surface area (TPSA) is 90.3 Å². The Balaban J connectivity index is 2.49. The third-order valence-corrected chi connectivity index (χ3v) is 5.23. The van der Waals surface area contributed by atoms with Crippen molar-refractivity contribution in [2.24, 2.45) is 0 Å². The minimum Gasteiger partial charge on any atom is -0.353 e. The van der Waals surface area contributed by atoms with Crippen molar-refractivity contribution in [3.63, 3.8) is 0 Å². The Morgan fingerprint density at radius 2 is 2.15 bits per heavy atom. The highest BCUT2D eigenvalue weighted by Gasteiger charge is 2.38. The summed E-state index contributed by atoms with van der Waals surface area (Å²) < 4.78 is 26.5. The number of sulfonamides is 1. The maximum Gasteiger partial charge on any atom is 0.245 e. The number of piperazine rings is 1. The van der Waals surface area contributed by atoms with Crippen LogP contribution in [0.1, 0.15) is 18.9 Å². The van der Waals surface area contributed by atoms with Gasteiger partial charge in [0.1, 0.15) is 12.1 Å². The molecule has 1 aliphatic heterocycles. The van der Waals surface area contributed by atoms with Gasteiger partial charge in [-0.05, 0) is 18.6 Å². The third-order valence-electron chi connectivity index (χ3n) is 3.26. The first kappa shape index (κ1) is 14.5. The van der Waals surface area contributed by atoms with Crippen LogP contribution in [0.4, 0.5) is 0 Å². The van der Waals surface area contributed by atoms with Crippen LogP contribution in [0, 0.1) is 11.3 Å². The van der Waals surface area contributed by atoms with Crippen molar-refractivity contribution in [1.29, 1.82) is 5.26 Å². The number of hydrogen-bond acceptors (Lipinski definition) is 4. The quantitative estimate of drug-likeness (QED) is 0.876. The Morgan fingerprint density at radius 1 is 1.45 bits per heavy atom. The van der Waals surface area contributed by atoms with Crippen LogP contribution >= 0.6 is 0 Å². The van der Waals surface area contributed by atoms with E-state index in [0.29, 0.717) is 6.42 Å². The molecule has 0 saturated carbocycles. The number of hydrogen-bond donors (Lipinski definition) is 1. The summed E-state index contributed by atoms with van der Waals surface area (Å²) in [7, 11) is -3.85. The van der Waals surface area contributed by atoms with E-state index in [9.17, 15) is 13.2 Å². The van der Waals surface area contributed by atoms with E-state index in [4.69, 9.17) is 5.26 Å². The molecule has 7 heteroatoms. The standard InChI is InChI=1S/C13H15N3O3S/c1-2-11-13(17)15-7-8-16(11)20(18,19)12-6-4-3-5-10(12)9-14/h3-6,11H,2,7-8H2,1H3,(H,15,17). The highest BCUT2D eigenvalue weighted by atomic mass is 32.2. The molecule has 1 fully saturated rings. The lowest BCUT2D eigenvalue weighted by Crippen LogP contribution is -2.56. The molecule has 1 saturated heterocycles. The van der Waals surface area contributed by atoms with E-state index in [2.05, 4.69) is 5.32 Å². The molecule has 1 N–H and O–H groups in total. The summed E-state index contributed by atoms with van der Waals surface area (Å²) in [6.07, 6.45) is 0.389. The van der Waals surface area contributed by atoms with Gasteiger partial charge >= 0.3 is 0 Å². The third kappa shape index (κ3) is 2.40. The average molecular weight is 293 g/mol. The number of nitrogens with one attached hydrogen (secondary N) is 1. The van der Waals surface area contributed by atoms with Crippen molar-refractivity contribution in [2.45, 2.75) is 24.3 Å². The fourth-order valence-electron chi connectivity index (χ4n) is 2.28. The van der Waals surface area contributed by atoms with Crippen LogP contribution in [0.25, 0.3) is 0 Å². The Morgan fingerprint density at radius 3 is 2.80 bits per heavy atom. The lowest BCUT2D eigenvalue weighted by atomic mass is 10.2. The summed E-state index contributed by atoms with van der Waals surface area (Å²) >= 11 is 0. The molecule has 1 aromatic carbocycles. The van der Waals surface area contributed by atoms with E-state index in [1.165, 1.54) is 16.4 Å². The zero-order chi connectivity index (χ0) is 14.8. The summed E-state index contributed by atoms with van der Waals surface area (Å²) in [5.41, 5.74) is 0.0911. The first-order chi connectivity index (χ1) is 9.52. The van der Waals surface area contributed by atoms with Crippen molar-refractivity contribution >= 4 is 15.9 Å². The lowest BCUT2D eigenvalue weighted by molar-refractivity contribution is -0.126. The van der Waals surface area contributed by atoms with E-state index < -0.39 is 16.1 Å². The molecular formula is C13H15N3O3S. The fraction of sp³-hybridized carbons (Fsp3) is 0.385. The molecule has 1 unspecified atom stereocenters. The highest BCUT2D eigenvalue weighted by molar-refractivity contribution is 7.89. The van der Waals surface area contributed by atoms with Crippen molar-refractivity contribution in [3.8, 4) is 6.07 Å². The van der Waals surface area contributed by atoms with Gasteiger partial charge in [-0.1, -0.05) is 19.1 Å². The largest absolute Gasteiger partial charge is 0.353 e. The van der Waals surface area contributed by atoms with Crippen molar-refractivity contribution in [3.05, 3.63) is 29.8 Å². The van der Waals surface area contributed by atoms with Crippen LogP contribution in [0.2, 0.25) is 0 Å². The van der Waals surface area contributed by atoms with Gasteiger partial charge in [-0.15, -0.1) is 0 Å². The zero-order valence-electron chi connectivity index (χ0n) is 11.0. The second kappa shape index (κ2) is 5.61. The first-order valence-corrected chi connectivity index (χ1v) is 7.75. The van der Waals surface area contributed by atoms with Gasteiger partial charge in [-0.25, -0.2) is 8.42 Å². The smallest absolute Gasteiger partial charge is 0.245 e. The molecule has 0 aromatic heterocycles. The molecule has 1 aromatic rings. The van der Waals surface area contributed by atoms with Gasteiger partial charge in [-0.3, -0.25) is 4.79 Å². The fourth-order valence-corrected chi connectivity index (χ4v) is 4.09. The van der Waals surface area contributed by atoms with Gasteiger partial charge < -0.3 is 5.32 Å². The lowest BCUT2D eigenvalue weighted by Gasteiger charge is -2.33. The maximum absolute atomic E-state index is 12.7. The van der Waals surface area contributed by atoms with E-state index in [1.54, 1.807) is 19.1 Å². The molecule has 1 atom stereocenters. The molecular weight excluding hydrogens is 278 g/mol. The second-order valence-electron chi connectivity index (χ2n) is 4.44. The van der Waals surface area contributed by atoms with Gasteiger partial charge in [0.15, 0.2) is 0 Å². The number of carbonyl (C=O) groups excluding carboxylic acids is 1. The normalized spacial score (nSPS) is 20.2. The number of nitriles is 1. The zero-order valence-corrected chi connectivity index (χ0v) is 11.9. The van der Waals surface area contributed by atoms with Crippen LogP contribution in [-0.2, 0) is 14.8 Å². The molecule has 106 valence electrons. The molecule has 0 spiro atoms. The van der Waals surface area contributed by atoms with Crippen LogP contribution < -0.4 is 5.32 Å². The van der Waals surface area contributed by atoms with E-state index in [0.717, 1.165) is 0 Å². The molecule has 0 bridgehead atoms. The van der Waals surface area contributed by atoms with Crippen molar-refractivity contribution in [1.82, 2.24) is 9.62 Å². The monoisotopic (exact) mass is 293 g/mol. The summed E-state index contributed by atoms with van der Waals surface area (Å²) in [5.74, 6) is -0.295.